The number of rotatable bonds is 2. The molecule has 0 amide bonds. The van der Waals surface area contributed by atoms with E-state index in [-0.39, 0.29) is 11.4 Å². The Morgan fingerprint density at radius 1 is 1.22 bits per heavy atom. The summed E-state index contributed by atoms with van der Waals surface area (Å²) in [4.78, 5) is 4.45. The van der Waals surface area contributed by atoms with Crippen molar-refractivity contribution in [2.75, 3.05) is 10.8 Å². The van der Waals surface area contributed by atoms with Crippen LogP contribution in [0.4, 0.5) is 5.69 Å². The molecule has 6 heteroatoms. The van der Waals surface area contributed by atoms with Gasteiger partial charge >= 0.3 is 0 Å². The number of nitrogens with zero attached hydrogens (tertiary/aromatic N) is 2. The number of aryl methyl sites for hydroxylation is 1. The van der Waals surface area contributed by atoms with E-state index in [1.165, 1.54) is 4.31 Å². The molecule has 0 aliphatic carbocycles. The van der Waals surface area contributed by atoms with Gasteiger partial charge in [0.05, 0.1) is 16.3 Å². The molecule has 122 valence electrons. The number of hydrogen-bond acceptors (Lipinski definition) is 4. The number of aromatic nitrogens is 1. The Labute approximate surface area is 136 Å². The van der Waals surface area contributed by atoms with E-state index < -0.39 is 21.5 Å². The zero-order valence-electron chi connectivity index (χ0n) is 13.4. The van der Waals surface area contributed by atoms with Gasteiger partial charge in [0, 0.05) is 18.2 Å². The second-order valence-electron chi connectivity index (χ2n) is 6.62. The second kappa shape index (κ2) is 5.32. The van der Waals surface area contributed by atoms with E-state index in [1.54, 1.807) is 42.6 Å². The van der Waals surface area contributed by atoms with Crippen LogP contribution in [0.15, 0.2) is 47.5 Å². The van der Waals surface area contributed by atoms with Gasteiger partial charge in [-0.05, 0) is 31.2 Å². The van der Waals surface area contributed by atoms with Crippen LogP contribution in [0.1, 0.15) is 31.2 Å². The first kappa shape index (κ1) is 16.0. The van der Waals surface area contributed by atoms with Gasteiger partial charge in [-0.1, -0.05) is 31.5 Å². The largest absolute Gasteiger partial charge is 0.386 e. The van der Waals surface area contributed by atoms with E-state index in [9.17, 15) is 13.5 Å². The van der Waals surface area contributed by atoms with Gasteiger partial charge in [0.2, 0.25) is 0 Å². The minimum Gasteiger partial charge on any atom is -0.386 e. The van der Waals surface area contributed by atoms with Crippen LogP contribution in [0.25, 0.3) is 0 Å². The molecule has 1 aliphatic rings. The summed E-state index contributed by atoms with van der Waals surface area (Å²) in [6.07, 6.45) is 0.767. The van der Waals surface area contributed by atoms with Crippen LogP contribution in [-0.4, -0.2) is 25.1 Å². The lowest BCUT2D eigenvalue weighted by molar-refractivity contribution is 0.0470. The first-order chi connectivity index (χ1) is 10.7. The molecule has 2 aromatic rings. The van der Waals surface area contributed by atoms with Gasteiger partial charge in [0.1, 0.15) is 6.10 Å². The fourth-order valence-electron chi connectivity index (χ4n) is 2.79. The van der Waals surface area contributed by atoms with Gasteiger partial charge in [0.15, 0.2) is 0 Å². The van der Waals surface area contributed by atoms with E-state index in [1.807, 2.05) is 20.8 Å². The first-order valence-electron chi connectivity index (χ1n) is 7.46. The highest BCUT2D eigenvalue weighted by Crippen LogP contribution is 2.44. The summed E-state index contributed by atoms with van der Waals surface area (Å²) < 4.78 is 27.5. The Balaban J connectivity index is 2.15. The molecule has 5 nitrogen and oxygen atoms in total. The molecule has 0 spiro atoms. The third-order valence-corrected chi connectivity index (χ3v) is 6.02. The molecule has 1 aromatic carbocycles. The summed E-state index contributed by atoms with van der Waals surface area (Å²) in [6.45, 7) is 5.79. The SMILES string of the molecule is Cc1ccc(S(=O)(=O)N2CC(C)(C)C(O)c3ncccc32)cc1. The summed E-state index contributed by atoms with van der Waals surface area (Å²) in [5.74, 6) is 0. The van der Waals surface area contributed by atoms with Gasteiger partial charge < -0.3 is 5.11 Å². The molecular weight excluding hydrogens is 312 g/mol. The van der Waals surface area contributed by atoms with Crippen molar-refractivity contribution in [1.29, 1.82) is 0 Å². The lowest BCUT2D eigenvalue weighted by Crippen LogP contribution is -2.46. The predicted molar refractivity (Wildman–Crippen MR) is 88.7 cm³/mol. The molecule has 1 unspecified atom stereocenters. The van der Waals surface area contributed by atoms with Gasteiger partial charge in [-0.3, -0.25) is 9.29 Å². The summed E-state index contributed by atoms with van der Waals surface area (Å²) in [6, 6.07) is 10.1. The molecule has 0 bridgehead atoms. The number of pyridine rings is 1. The molecule has 0 saturated heterocycles. The molecule has 1 aromatic heterocycles. The number of aliphatic hydroxyl groups is 1. The Morgan fingerprint density at radius 3 is 2.52 bits per heavy atom. The molecule has 23 heavy (non-hydrogen) atoms. The molecule has 1 N–H and O–H groups in total. The number of fused-ring (bicyclic) bond motifs is 1. The maximum atomic E-state index is 13.1. The van der Waals surface area contributed by atoms with Crippen molar-refractivity contribution in [2.24, 2.45) is 5.41 Å². The van der Waals surface area contributed by atoms with Crippen molar-refractivity contribution >= 4 is 15.7 Å². The molecule has 2 heterocycles. The van der Waals surface area contributed by atoms with E-state index >= 15 is 0 Å². The van der Waals surface area contributed by atoms with E-state index in [0.717, 1.165) is 5.56 Å². The average Bonchev–Trinajstić information content (AvgIpc) is 2.51. The minimum atomic E-state index is -3.70. The predicted octanol–water partition coefficient (Wildman–Crippen LogP) is 2.66. The quantitative estimate of drug-likeness (QED) is 0.918. The average molecular weight is 332 g/mol. The Kier molecular flexibility index (Phi) is 3.69. The fraction of sp³-hybridized carbons (Fsp3) is 0.353. The van der Waals surface area contributed by atoms with Crippen LogP contribution in [0.3, 0.4) is 0 Å². The van der Waals surface area contributed by atoms with Crippen LogP contribution < -0.4 is 4.31 Å². The van der Waals surface area contributed by atoms with Crippen molar-refractivity contribution in [1.82, 2.24) is 4.98 Å². The van der Waals surface area contributed by atoms with E-state index in [2.05, 4.69) is 4.98 Å². The van der Waals surface area contributed by atoms with E-state index in [4.69, 9.17) is 0 Å². The fourth-order valence-corrected chi connectivity index (χ4v) is 4.44. The second-order valence-corrected chi connectivity index (χ2v) is 8.49. The third-order valence-electron chi connectivity index (χ3n) is 4.24. The van der Waals surface area contributed by atoms with E-state index in [0.29, 0.717) is 11.4 Å². The van der Waals surface area contributed by atoms with Gasteiger partial charge in [0.25, 0.3) is 10.0 Å². The molecule has 3 rings (SSSR count). The minimum absolute atomic E-state index is 0.197. The highest BCUT2D eigenvalue weighted by Gasteiger charge is 2.43. The highest BCUT2D eigenvalue weighted by atomic mass is 32.2. The molecule has 0 fully saturated rings. The van der Waals surface area contributed by atoms with Crippen LogP contribution in [0.5, 0.6) is 0 Å². The van der Waals surface area contributed by atoms with Crippen molar-refractivity contribution in [2.45, 2.75) is 31.8 Å². The van der Waals surface area contributed by atoms with Crippen molar-refractivity contribution in [3.63, 3.8) is 0 Å². The molecule has 1 atom stereocenters. The highest BCUT2D eigenvalue weighted by molar-refractivity contribution is 7.92. The Bertz CT molecular complexity index is 829. The van der Waals surface area contributed by atoms with Crippen LogP contribution in [0, 0.1) is 12.3 Å². The summed E-state index contributed by atoms with van der Waals surface area (Å²) in [7, 11) is -3.70. The van der Waals surface area contributed by atoms with Gasteiger partial charge in [-0.25, -0.2) is 8.42 Å². The van der Waals surface area contributed by atoms with Crippen LogP contribution >= 0.6 is 0 Å². The zero-order valence-corrected chi connectivity index (χ0v) is 14.2. The van der Waals surface area contributed by atoms with Gasteiger partial charge in [-0.15, -0.1) is 0 Å². The Morgan fingerprint density at radius 2 is 1.87 bits per heavy atom. The number of aliphatic hydroxyl groups excluding tert-OH is 1. The number of benzene rings is 1. The lowest BCUT2D eigenvalue weighted by Gasteiger charge is -2.42. The Hall–Kier alpha value is -1.92. The molecule has 0 radical (unpaired) electrons. The summed E-state index contributed by atoms with van der Waals surface area (Å²) >= 11 is 0. The van der Waals surface area contributed by atoms with Crippen LogP contribution in [0.2, 0.25) is 0 Å². The summed E-state index contributed by atoms with van der Waals surface area (Å²) in [5.41, 5.74) is 1.22. The number of sulfonamides is 1. The number of anilines is 1. The van der Waals surface area contributed by atoms with Crippen molar-refractivity contribution in [3.8, 4) is 0 Å². The smallest absolute Gasteiger partial charge is 0.264 e. The molecule has 1 aliphatic heterocycles. The van der Waals surface area contributed by atoms with Gasteiger partial charge in [-0.2, -0.15) is 0 Å². The van der Waals surface area contributed by atoms with Crippen LogP contribution in [-0.2, 0) is 10.0 Å². The molecule has 0 saturated carbocycles. The topological polar surface area (TPSA) is 70.5 Å². The monoisotopic (exact) mass is 332 g/mol. The standard InChI is InChI=1S/C17H20N2O3S/c1-12-6-8-13(9-7-12)23(21,22)19-11-17(2,3)16(20)15-14(19)5-4-10-18-15/h4-10,16,20H,11H2,1-3H3. The zero-order chi connectivity index (χ0) is 16.8. The maximum absolute atomic E-state index is 13.1. The molecular formula is C17H20N2O3S. The third kappa shape index (κ3) is 2.62. The first-order valence-corrected chi connectivity index (χ1v) is 8.90. The number of hydrogen-bond donors (Lipinski definition) is 1. The maximum Gasteiger partial charge on any atom is 0.264 e. The lowest BCUT2D eigenvalue weighted by atomic mass is 9.81. The van der Waals surface area contributed by atoms with Crippen molar-refractivity contribution in [3.05, 3.63) is 53.9 Å². The van der Waals surface area contributed by atoms with Crippen molar-refractivity contribution < 1.29 is 13.5 Å². The normalized spacial score (nSPS) is 20.2. The summed E-state index contributed by atoms with van der Waals surface area (Å²) in [5, 5.41) is 10.5.